The fourth-order valence-corrected chi connectivity index (χ4v) is 1.12. The molecular formula is C9H6ClO4-. The molecule has 1 aromatic rings. The van der Waals surface area contributed by atoms with Gasteiger partial charge in [0.1, 0.15) is 0 Å². The van der Waals surface area contributed by atoms with Crippen LogP contribution in [0, 0.1) is 0 Å². The van der Waals surface area contributed by atoms with Crippen LogP contribution < -0.4 is 5.11 Å². The van der Waals surface area contributed by atoms with Gasteiger partial charge in [0.25, 0.3) is 0 Å². The summed E-state index contributed by atoms with van der Waals surface area (Å²) < 4.78 is 4.42. The summed E-state index contributed by atoms with van der Waals surface area (Å²) >= 11 is 5.57. The third kappa shape index (κ3) is 2.03. The second-order valence-electron chi connectivity index (χ2n) is 2.47. The van der Waals surface area contributed by atoms with Crippen LogP contribution in [0.3, 0.4) is 0 Å². The summed E-state index contributed by atoms with van der Waals surface area (Å²) in [5, 5.41) is 10.6. The van der Waals surface area contributed by atoms with Gasteiger partial charge in [-0.2, -0.15) is 0 Å². The number of carbonyl (C=O) groups excluding carboxylic acids is 2. The molecule has 0 atom stereocenters. The van der Waals surface area contributed by atoms with Crippen LogP contribution in [0.2, 0.25) is 5.02 Å². The minimum atomic E-state index is -1.43. The number of carboxylic acid groups (broad SMARTS) is 1. The zero-order valence-electron chi connectivity index (χ0n) is 7.24. The van der Waals surface area contributed by atoms with Crippen molar-refractivity contribution in [2.45, 2.75) is 0 Å². The minimum absolute atomic E-state index is 0.0256. The molecule has 0 bridgehead atoms. The molecule has 0 unspecified atom stereocenters. The van der Waals surface area contributed by atoms with Gasteiger partial charge in [0.15, 0.2) is 0 Å². The van der Waals surface area contributed by atoms with Gasteiger partial charge in [0, 0.05) is 10.6 Å². The van der Waals surface area contributed by atoms with Crippen molar-refractivity contribution in [3.8, 4) is 0 Å². The largest absolute Gasteiger partial charge is 0.545 e. The van der Waals surface area contributed by atoms with Gasteiger partial charge in [-0.3, -0.25) is 0 Å². The molecule has 5 heteroatoms. The van der Waals surface area contributed by atoms with E-state index in [1.54, 1.807) is 0 Å². The Bertz CT molecular complexity index is 386. The van der Waals surface area contributed by atoms with Crippen molar-refractivity contribution in [3.63, 3.8) is 0 Å². The maximum Gasteiger partial charge on any atom is 0.337 e. The standard InChI is InChI=1S/C9H7ClO4/c1-14-9(13)5-2-3-7(10)6(4-5)8(11)12/h2-4H,1H3,(H,11,12)/p-1. The zero-order valence-corrected chi connectivity index (χ0v) is 8.00. The highest BCUT2D eigenvalue weighted by Gasteiger charge is 2.08. The molecule has 1 rings (SSSR count). The van der Waals surface area contributed by atoms with Gasteiger partial charge >= 0.3 is 5.97 Å². The summed E-state index contributed by atoms with van der Waals surface area (Å²) in [6.07, 6.45) is 0. The van der Waals surface area contributed by atoms with Crippen molar-refractivity contribution in [1.82, 2.24) is 0 Å². The van der Waals surface area contributed by atoms with Crippen LogP contribution in [0.15, 0.2) is 18.2 Å². The Hall–Kier alpha value is -1.55. The van der Waals surface area contributed by atoms with E-state index in [4.69, 9.17) is 11.6 Å². The number of carboxylic acids is 1. The van der Waals surface area contributed by atoms with Crippen molar-refractivity contribution in [2.24, 2.45) is 0 Å². The zero-order chi connectivity index (χ0) is 10.7. The molecule has 4 nitrogen and oxygen atoms in total. The lowest BCUT2D eigenvalue weighted by molar-refractivity contribution is -0.255. The van der Waals surface area contributed by atoms with Crippen LogP contribution in [-0.4, -0.2) is 19.0 Å². The number of rotatable bonds is 2. The number of hydrogen-bond acceptors (Lipinski definition) is 4. The monoisotopic (exact) mass is 213 g/mol. The van der Waals surface area contributed by atoms with Crippen molar-refractivity contribution >= 4 is 23.5 Å². The van der Waals surface area contributed by atoms with Crippen LogP contribution in [0.25, 0.3) is 0 Å². The summed E-state index contributed by atoms with van der Waals surface area (Å²) in [6.45, 7) is 0. The number of benzene rings is 1. The van der Waals surface area contributed by atoms with Crippen molar-refractivity contribution < 1.29 is 19.4 Å². The summed E-state index contributed by atoms with van der Waals surface area (Å²) in [7, 11) is 1.20. The van der Waals surface area contributed by atoms with Crippen LogP contribution in [-0.2, 0) is 4.74 Å². The molecule has 0 spiro atoms. The van der Waals surface area contributed by atoms with Crippen LogP contribution in [0.5, 0.6) is 0 Å². The normalized spacial score (nSPS) is 9.57. The Morgan fingerprint density at radius 3 is 2.57 bits per heavy atom. The van der Waals surface area contributed by atoms with E-state index in [1.807, 2.05) is 0 Å². The molecule has 1 aromatic carbocycles. The molecule has 0 aromatic heterocycles. The number of aromatic carboxylic acids is 1. The summed E-state index contributed by atoms with van der Waals surface area (Å²) in [6, 6.07) is 3.79. The fourth-order valence-electron chi connectivity index (χ4n) is 0.927. The lowest BCUT2D eigenvalue weighted by atomic mass is 10.1. The van der Waals surface area contributed by atoms with Gasteiger partial charge < -0.3 is 14.6 Å². The van der Waals surface area contributed by atoms with Gasteiger partial charge in [0.2, 0.25) is 0 Å². The number of halogens is 1. The quantitative estimate of drug-likeness (QED) is 0.671. The predicted molar refractivity (Wildman–Crippen MR) is 47.1 cm³/mol. The number of hydrogen-bond donors (Lipinski definition) is 0. The van der Waals surface area contributed by atoms with Crippen molar-refractivity contribution in [3.05, 3.63) is 34.3 Å². The molecule has 0 saturated heterocycles. The maximum atomic E-state index is 11.0. The average Bonchev–Trinajstić information content (AvgIpc) is 2.17. The van der Waals surface area contributed by atoms with E-state index in [-0.39, 0.29) is 16.1 Å². The second kappa shape index (κ2) is 4.11. The Balaban J connectivity index is 3.19. The summed E-state index contributed by atoms with van der Waals surface area (Å²) in [5.74, 6) is -2.05. The first-order valence-corrected chi connectivity index (χ1v) is 4.03. The number of methoxy groups -OCH3 is 1. The minimum Gasteiger partial charge on any atom is -0.545 e. The van der Waals surface area contributed by atoms with Gasteiger partial charge in [0.05, 0.1) is 18.6 Å². The molecule has 0 radical (unpaired) electrons. The molecule has 0 heterocycles. The van der Waals surface area contributed by atoms with E-state index in [0.29, 0.717) is 0 Å². The summed E-state index contributed by atoms with van der Waals surface area (Å²) in [4.78, 5) is 21.6. The Morgan fingerprint density at radius 1 is 1.43 bits per heavy atom. The van der Waals surface area contributed by atoms with Crippen LogP contribution >= 0.6 is 11.6 Å². The van der Waals surface area contributed by atoms with Crippen LogP contribution in [0.1, 0.15) is 20.7 Å². The molecular weight excluding hydrogens is 208 g/mol. The first kappa shape index (κ1) is 10.5. The predicted octanol–water partition coefficient (Wildman–Crippen LogP) is 0.490. The lowest BCUT2D eigenvalue weighted by Gasteiger charge is -2.06. The molecule has 14 heavy (non-hydrogen) atoms. The average molecular weight is 214 g/mol. The molecule has 0 amide bonds. The highest BCUT2D eigenvalue weighted by atomic mass is 35.5. The van der Waals surface area contributed by atoms with Gasteiger partial charge in [-0.25, -0.2) is 4.79 Å². The molecule has 0 fully saturated rings. The maximum absolute atomic E-state index is 11.0. The first-order chi connectivity index (χ1) is 6.56. The van der Waals surface area contributed by atoms with E-state index < -0.39 is 11.9 Å². The van der Waals surface area contributed by atoms with E-state index in [2.05, 4.69) is 4.74 Å². The number of ether oxygens (including phenoxy) is 1. The Labute approximate surface area is 85.1 Å². The summed E-state index contributed by atoms with van der Waals surface area (Å²) in [5.41, 5.74) is -0.106. The highest BCUT2D eigenvalue weighted by molar-refractivity contribution is 6.33. The Morgan fingerprint density at radius 2 is 2.07 bits per heavy atom. The SMILES string of the molecule is COC(=O)c1ccc(Cl)c(C(=O)[O-])c1. The smallest absolute Gasteiger partial charge is 0.337 e. The van der Waals surface area contributed by atoms with Gasteiger partial charge in [-0.15, -0.1) is 0 Å². The van der Waals surface area contributed by atoms with Gasteiger partial charge in [-0.1, -0.05) is 11.6 Å². The third-order valence-corrected chi connectivity index (χ3v) is 1.94. The number of carbonyl (C=O) groups is 2. The lowest BCUT2D eigenvalue weighted by Crippen LogP contribution is -2.23. The van der Waals surface area contributed by atoms with E-state index in [0.717, 1.165) is 6.07 Å². The molecule has 0 aliphatic carbocycles. The topological polar surface area (TPSA) is 66.4 Å². The van der Waals surface area contributed by atoms with E-state index >= 15 is 0 Å². The highest BCUT2D eigenvalue weighted by Crippen LogP contribution is 2.17. The third-order valence-electron chi connectivity index (χ3n) is 1.61. The molecule has 0 N–H and O–H groups in total. The van der Waals surface area contributed by atoms with Crippen LogP contribution in [0.4, 0.5) is 0 Å². The first-order valence-electron chi connectivity index (χ1n) is 3.65. The molecule has 74 valence electrons. The van der Waals surface area contributed by atoms with Crippen molar-refractivity contribution in [1.29, 1.82) is 0 Å². The molecule has 0 aliphatic rings. The fraction of sp³-hybridized carbons (Fsp3) is 0.111. The molecule has 0 aliphatic heterocycles. The second-order valence-corrected chi connectivity index (χ2v) is 2.88. The van der Waals surface area contributed by atoms with E-state index in [9.17, 15) is 14.7 Å². The Kier molecular flexibility index (Phi) is 3.09. The van der Waals surface area contributed by atoms with Gasteiger partial charge in [-0.05, 0) is 18.2 Å². The van der Waals surface area contributed by atoms with Crippen molar-refractivity contribution in [2.75, 3.05) is 7.11 Å². The number of esters is 1. The van der Waals surface area contributed by atoms with E-state index in [1.165, 1.54) is 19.2 Å². The molecule has 0 saturated carbocycles.